The summed E-state index contributed by atoms with van der Waals surface area (Å²) >= 11 is 0. The van der Waals surface area contributed by atoms with Crippen molar-refractivity contribution in [2.75, 3.05) is 11.9 Å². The van der Waals surface area contributed by atoms with Crippen molar-refractivity contribution in [3.8, 4) is 5.75 Å². The molecule has 2 aromatic rings. The number of aromatic hydroxyl groups is 1. The summed E-state index contributed by atoms with van der Waals surface area (Å²) in [5, 5.41) is 15.8. The predicted octanol–water partition coefficient (Wildman–Crippen LogP) is 2.42. The van der Waals surface area contributed by atoms with Gasteiger partial charge in [-0.3, -0.25) is 4.79 Å². The van der Waals surface area contributed by atoms with Gasteiger partial charge in [0, 0.05) is 36.6 Å². The van der Waals surface area contributed by atoms with E-state index in [1.54, 1.807) is 18.2 Å². The second-order valence-corrected chi connectivity index (χ2v) is 5.42. The van der Waals surface area contributed by atoms with Gasteiger partial charge in [0.1, 0.15) is 11.4 Å². The summed E-state index contributed by atoms with van der Waals surface area (Å²) in [6.07, 6.45) is 0. The smallest absolute Gasteiger partial charge is 0.272 e. The monoisotopic (exact) mass is 285 g/mol. The lowest BCUT2D eigenvalue weighted by molar-refractivity contribution is 0.101. The van der Waals surface area contributed by atoms with Gasteiger partial charge in [0.25, 0.3) is 5.91 Å². The highest BCUT2D eigenvalue weighted by molar-refractivity contribution is 6.03. The van der Waals surface area contributed by atoms with Crippen LogP contribution < -0.4 is 10.6 Å². The Labute approximate surface area is 123 Å². The van der Waals surface area contributed by atoms with Crippen molar-refractivity contribution >= 4 is 11.6 Å². The maximum absolute atomic E-state index is 12.5. The van der Waals surface area contributed by atoms with E-state index in [0.29, 0.717) is 11.4 Å². The summed E-state index contributed by atoms with van der Waals surface area (Å²) in [5.74, 6) is -0.00467. The molecule has 0 fully saturated rings. The number of nitrogens with one attached hydrogen (secondary N) is 2. The van der Waals surface area contributed by atoms with E-state index in [-0.39, 0.29) is 17.7 Å². The summed E-state index contributed by atoms with van der Waals surface area (Å²) in [7, 11) is 0. The van der Waals surface area contributed by atoms with E-state index in [1.165, 1.54) is 0 Å². The predicted molar refractivity (Wildman–Crippen MR) is 81.6 cm³/mol. The second-order valence-electron chi connectivity index (χ2n) is 5.42. The molecule has 2 heterocycles. The third kappa shape index (κ3) is 2.52. The van der Waals surface area contributed by atoms with Gasteiger partial charge in [-0.2, -0.15) is 0 Å². The molecular formula is C16H19N3O2. The Morgan fingerprint density at radius 2 is 2.19 bits per heavy atom. The fourth-order valence-corrected chi connectivity index (χ4v) is 2.74. The number of rotatable bonds is 2. The maximum atomic E-state index is 12.5. The van der Waals surface area contributed by atoms with E-state index in [0.717, 1.165) is 24.3 Å². The number of nitrogens with zero attached hydrogens (tertiary/aromatic N) is 1. The highest BCUT2D eigenvalue weighted by Gasteiger charge is 2.21. The van der Waals surface area contributed by atoms with E-state index in [4.69, 9.17) is 0 Å². The summed E-state index contributed by atoms with van der Waals surface area (Å²) in [6, 6.07) is 9.05. The third-order valence-electron chi connectivity index (χ3n) is 3.95. The lowest BCUT2D eigenvalue weighted by Gasteiger charge is -2.24. The minimum atomic E-state index is -0.149. The number of aromatic nitrogens is 1. The Morgan fingerprint density at radius 3 is 3.00 bits per heavy atom. The average molecular weight is 285 g/mol. The third-order valence-corrected chi connectivity index (χ3v) is 3.95. The molecule has 0 spiro atoms. The molecule has 1 aromatic carbocycles. The Bertz CT molecular complexity index is 691. The van der Waals surface area contributed by atoms with Gasteiger partial charge >= 0.3 is 0 Å². The molecule has 3 N–H and O–H groups in total. The Hall–Kier alpha value is -2.27. The van der Waals surface area contributed by atoms with Crippen LogP contribution in [0.25, 0.3) is 0 Å². The molecule has 1 aliphatic rings. The normalized spacial score (nSPS) is 17.3. The van der Waals surface area contributed by atoms with Gasteiger partial charge in [0.05, 0.1) is 0 Å². The van der Waals surface area contributed by atoms with Gasteiger partial charge in [-0.15, -0.1) is 0 Å². The zero-order valence-corrected chi connectivity index (χ0v) is 12.2. The first-order valence-corrected chi connectivity index (χ1v) is 7.10. The molecule has 5 heteroatoms. The first-order chi connectivity index (χ1) is 10.1. The molecule has 0 saturated heterocycles. The summed E-state index contributed by atoms with van der Waals surface area (Å²) in [5.41, 5.74) is 3.33. The lowest BCUT2D eigenvalue weighted by Crippen LogP contribution is -2.33. The summed E-state index contributed by atoms with van der Waals surface area (Å²) < 4.78 is 2.05. The number of aryl methyl sites for hydroxylation is 1. The van der Waals surface area contributed by atoms with Crippen LogP contribution in [0.1, 0.15) is 34.7 Å². The number of anilines is 1. The number of hydrogen-bond acceptors (Lipinski definition) is 3. The van der Waals surface area contributed by atoms with Crippen LogP contribution in [-0.4, -0.2) is 22.1 Å². The van der Waals surface area contributed by atoms with E-state index in [2.05, 4.69) is 22.1 Å². The minimum Gasteiger partial charge on any atom is -0.508 e. The maximum Gasteiger partial charge on any atom is 0.272 e. The van der Waals surface area contributed by atoms with Crippen LogP contribution in [0.4, 0.5) is 5.69 Å². The van der Waals surface area contributed by atoms with Crippen molar-refractivity contribution in [3.63, 3.8) is 0 Å². The lowest BCUT2D eigenvalue weighted by atomic mass is 10.2. The van der Waals surface area contributed by atoms with Crippen LogP contribution in [0.15, 0.2) is 30.3 Å². The van der Waals surface area contributed by atoms with Gasteiger partial charge in [0.2, 0.25) is 0 Å². The van der Waals surface area contributed by atoms with E-state index in [1.807, 2.05) is 19.1 Å². The quantitative estimate of drug-likeness (QED) is 0.794. The van der Waals surface area contributed by atoms with Crippen molar-refractivity contribution in [3.05, 3.63) is 47.3 Å². The Morgan fingerprint density at radius 1 is 1.38 bits per heavy atom. The Balaban J connectivity index is 1.88. The average Bonchev–Trinajstić information content (AvgIpc) is 2.88. The molecule has 0 saturated carbocycles. The molecule has 5 nitrogen and oxygen atoms in total. The molecule has 1 aliphatic heterocycles. The summed E-state index contributed by atoms with van der Waals surface area (Å²) in [6.45, 7) is 5.63. The fourth-order valence-electron chi connectivity index (χ4n) is 2.74. The number of fused-ring (bicyclic) bond motifs is 1. The molecule has 110 valence electrons. The summed E-state index contributed by atoms with van der Waals surface area (Å²) in [4.78, 5) is 12.5. The van der Waals surface area contributed by atoms with Gasteiger partial charge in [0.15, 0.2) is 0 Å². The molecule has 0 aliphatic carbocycles. The van der Waals surface area contributed by atoms with Crippen LogP contribution in [-0.2, 0) is 6.54 Å². The largest absolute Gasteiger partial charge is 0.508 e. The highest BCUT2D eigenvalue weighted by atomic mass is 16.3. The highest BCUT2D eigenvalue weighted by Crippen LogP contribution is 2.24. The molecule has 0 radical (unpaired) electrons. The molecule has 1 aromatic heterocycles. The molecule has 1 amide bonds. The van der Waals surface area contributed by atoms with Crippen molar-refractivity contribution in [1.82, 2.24) is 9.88 Å². The first kappa shape index (κ1) is 13.7. The SMILES string of the molecule is Cc1ccc(O)cc1NC(=O)c1ccc2n1CCNC2C. The van der Waals surface area contributed by atoms with Crippen molar-refractivity contribution < 1.29 is 9.90 Å². The van der Waals surface area contributed by atoms with Gasteiger partial charge in [-0.05, 0) is 37.6 Å². The number of carbonyl (C=O) groups is 1. The van der Waals surface area contributed by atoms with Gasteiger partial charge in [-0.25, -0.2) is 0 Å². The number of carbonyl (C=O) groups excluding carboxylic acids is 1. The Kier molecular flexibility index (Phi) is 3.43. The fraction of sp³-hybridized carbons (Fsp3) is 0.312. The molecular weight excluding hydrogens is 266 g/mol. The molecule has 21 heavy (non-hydrogen) atoms. The number of phenolic OH excluding ortho intramolecular Hbond substituents is 1. The van der Waals surface area contributed by atoms with E-state index in [9.17, 15) is 9.90 Å². The van der Waals surface area contributed by atoms with E-state index < -0.39 is 0 Å². The van der Waals surface area contributed by atoms with Crippen molar-refractivity contribution in [2.45, 2.75) is 26.4 Å². The standard InChI is InChI=1S/C16H19N3O2/c1-10-3-4-12(20)9-13(10)18-16(21)15-6-5-14-11(2)17-7-8-19(14)15/h3-6,9,11,17,20H,7-8H2,1-2H3,(H,18,21). The van der Waals surface area contributed by atoms with Crippen LogP contribution in [0, 0.1) is 6.92 Å². The second kappa shape index (κ2) is 5.26. The zero-order chi connectivity index (χ0) is 15.0. The van der Waals surface area contributed by atoms with Crippen LogP contribution in [0.2, 0.25) is 0 Å². The van der Waals surface area contributed by atoms with Crippen molar-refractivity contribution in [1.29, 1.82) is 0 Å². The van der Waals surface area contributed by atoms with E-state index >= 15 is 0 Å². The van der Waals surface area contributed by atoms with Crippen LogP contribution in [0.5, 0.6) is 5.75 Å². The number of amides is 1. The molecule has 0 bridgehead atoms. The number of phenols is 1. The molecule has 1 unspecified atom stereocenters. The van der Waals surface area contributed by atoms with Gasteiger partial charge < -0.3 is 20.3 Å². The van der Waals surface area contributed by atoms with Gasteiger partial charge in [-0.1, -0.05) is 6.07 Å². The molecule has 1 atom stereocenters. The van der Waals surface area contributed by atoms with Crippen LogP contribution in [0.3, 0.4) is 0 Å². The number of hydrogen-bond donors (Lipinski definition) is 3. The number of benzene rings is 1. The van der Waals surface area contributed by atoms with Crippen molar-refractivity contribution in [2.24, 2.45) is 0 Å². The topological polar surface area (TPSA) is 66.3 Å². The molecule has 3 rings (SSSR count). The zero-order valence-electron chi connectivity index (χ0n) is 12.2. The minimum absolute atomic E-state index is 0.144. The first-order valence-electron chi connectivity index (χ1n) is 7.10. The van der Waals surface area contributed by atoms with Crippen LogP contribution >= 0.6 is 0 Å².